The number of nitrogens with two attached hydrogens (primary N) is 1. The molecular weight excluding hydrogens is 206 g/mol. The molecular formula is C12H21NOS. The van der Waals surface area contributed by atoms with E-state index in [1.807, 2.05) is 0 Å². The van der Waals surface area contributed by atoms with E-state index in [2.05, 4.69) is 39.8 Å². The Balaban J connectivity index is 2.64. The van der Waals surface area contributed by atoms with Crippen LogP contribution in [0.15, 0.2) is 12.1 Å². The highest BCUT2D eigenvalue weighted by molar-refractivity contribution is 7.12. The van der Waals surface area contributed by atoms with Gasteiger partial charge in [-0.3, -0.25) is 0 Å². The topological polar surface area (TPSA) is 35.2 Å². The second-order valence-corrected chi connectivity index (χ2v) is 5.58. The van der Waals surface area contributed by atoms with Crippen LogP contribution in [0.3, 0.4) is 0 Å². The van der Waals surface area contributed by atoms with Crippen molar-refractivity contribution >= 4 is 11.3 Å². The monoisotopic (exact) mass is 227 g/mol. The highest BCUT2D eigenvalue weighted by Crippen LogP contribution is 2.27. The van der Waals surface area contributed by atoms with Crippen molar-refractivity contribution in [2.45, 2.75) is 39.9 Å². The molecule has 1 aromatic rings. The number of thiophene rings is 1. The lowest BCUT2D eigenvalue weighted by Gasteiger charge is -2.23. The number of aryl methyl sites for hydroxylation is 1. The Morgan fingerprint density at radius 1 is 1.33 bits per heavy atom. The molecule has 3 heteroatoms. The van der Waals surface area contributed by atoms with Crippen molar-refractivity contribution in [2.75, 3.05) is 6.54 Å². The molecule has 1 rings (SSSR count). The fourth-order valence-electron chi connectivity index (χ4n) is 1.28. The van der Waals surface area contributed by atoms with Crippen LogP contribution in [0.5, 0.6) is 0 Å². The average molecular weight is 227 g/mol. The number of hydrogen-bond acceptors (Lipinski definition) is 3. The van der Waals surface area contributed by atoms with E-state index in [0.29, 0.717) is 12.5 Å². The van der Waals surface area contributed by atoms with E-state index in [1.165, 1.54) is 9.75 Å². The molecule has 2 unspecified atom stereocenters. The van der Waals surface area contributed by atoms with E-state index in [4.69, 9.17) is 10.5 Å². The van der Waals surface area contributed by atoms with Gasteiger partial charge in [0.15, 0.2) is 0 Å². The molecule has 0 aromatic carbocycles. The highest BCUT2D eigenvalue weighted by Gasteiger charge is 2.17. The third-order valence-electron chi connectivity index (χ3n) is 2.61. The molecule has 0 saturated carbocycles. The summed E-state index contributed by atoms with van der Waals surface area (Å²) in [6, 6.07) is 4.23. The second-order valence-electron chi connectivity index (χ2n) is 4.26. The Morgan fingerprint density at radius 3 is 2.40 bits per heavy atom. The Hall–Kier alpha value is -0.380. The van der Waals surface area contributed by atoms with Crippen molar-refractivity contribution in [3.05, 3.63) is 21.9 Å². The van der Waals surface area contributed by atoms with Gasteiger partial charge in [0.05, 0.1) is 6.10 Å². The fraction of sp³-hybridized carbons (Fsp3) is 0.667. The van der Waals surface area contributed by atoms with Gasteiger partial charge in [-0.05, 0) is 31.9 Å². The average Bonchev–Trinajstić information content (AvgIpc) is 2.60. The smallest absolute Gasteiger partial charge is 0.104 e. The SMILES string of the molecule is Cc1ccc(C(CN)OC(C)C(C)C)s1. The van der Waals surface area contributed by atoms with Gasteiger partial charge in [0.1, 0.15) is 6.10 Å². The summed E-state index contributed by atoms with van der Waals surface area (Å²) in [6.45, 7) is 9.09. The quantitative estimate of drug-likeness (QED) is 0.839. The zero-order chi connectivity index (χ0) is 11.4. The van der Waals surface area contributed by atoms with Crippen LogP contribution < -0.4 is 5.73 Å². The van der Waals surface area contributed by atoms with E-state index in [0.717, 1.165) is 0 Å². The van der Waals surface area contributed by atoms with Crippen LogP contribution in [0.2, 0.25) is 0 Å². The van der Waals surface area contributed by atoms with Crippen molar-refractivity contribution in [1.82, 2.24) is 0 Å². The zero-order valence-electron chi connectivity index (χ0n) is 9.99. The molecule has 86 valence electrons. The number of hydrogen-bond donors (Lipinski definition) is 1. The summed E-state index contributed by atoms with van der Waals surface area (Å²) in [5.41, 5.74) is 5.74. The molecule has 0 saturated heterocycles. The summed E-state index contributed by atoms with van der Waals surface area (Å²) in [5, 5.41) is 0. The molecule has 0 spiro atoms. The van der Waals surface area contributed by atoms with Gasteiger partial charge >= 0.3 is 0 Å². The van der Waals surface area contributed by atoms with Crippen LogP contribution >= 0.6 is 11.3 Å². The first-order valence-corrected chi connectivity index (χ1v) is 6.28. The lowest BCUT2D eigenvalue weighted by Crippen LogP contribution is -2.23. The first kappa shape index (κ1) is 12.7. The van der Waals surface area contributed by atoms with E-state index in [1.54, 1.807) is 11.3 Å². The standard InChI is InChI=1S/C12H21NOS/c1-8(2)10(4)14-11(7-13)12-6-5-9(3)15-12/h5-6,8,10-11H,7,13H2,1-4H3. The van der Waals surface area contributed by atoms with Crippen LogP contribution in [-0.4, -0.2) is 12.6 Å². The van der Waals surface area contributed by atoms with E-state index in [-0.39, 0.29) is 12.2 Å². The lowest BCUT2D eigenvalue weighted by molar-refractivity contribution is -0.0203. The maximum Gasteiger partial charge on any atom is 0.104 e. The Morgan fingerprint density at radius 2 is 2.00 bits per heavy atom. The summed E-state index contributed by atoms with van der Waals surface area (Å²) >= 11 is 1.77. The van der Waals surface area contributed by atoms with Crippen LogP contribution in [-0.2, 0) is 4.74 Å². The number of rotatable bonds is 5. The zero-order valence-corrected chi connectivity index (χ0v) is 10.8. The highest BCUT2D eigenvalue weighted by atomic mass is 32.1. The van der Waals surface area contributed by atoms with E-state index < -0.39 is 0 Å². The molecule has 1 aromatic heterocycles. The second kappa shape index (κ2) is 5.64. The van der Waals surface area contributed by atoms with Gasteiger partial charge in [-0.1, -0.05) is 13.8 Å². The summed E-state index contributed by atoms with van der Waals surface area (Å²) in [4.78, 5) is 2.55. The molecule has 0 bridgehead atoms. The van der Waals surface area contributed by atoms with Crippen molar-refractivity contribution in [3.63, 3.8) is 0 Å². The van der Waals surface area contributed by atoms with Gasteiger partial charge in [-0.15, -0.1) is 11.3 Å². The minimum absolute atomic E-state index is 0.0566. The molecule has 2 N–H and O–H groups in total. The summed E-state index contributed by atoms with van der Waals surface area (Å²) in [5.74, 6) is 0.528. The van der Waals surface area contributed by atoms with Gasteiger partial charge < -0.3 is 10.5 Å². The van der Waals surface area contributed by atoms with Gasteiger partial charge in [-0.2, -0.15) is 0 Å². The largest absolute Gasteiger partial charge is 0.368 e. The molecule has 1 heterocycles. The maximum atomic E-state index is 5.95. The molecule has 0 fully saturated rings. The van der Waals surface area contributed by atoms with Gasteiger partial charge in [0, 0.05) is 16.3 Å². The molecule has 0 aliphatic heterocycles. The molecule has 15 heavy (non-hydrogen) atoms. The van der Waals surface area contributed by atoms with Crippen LogP contribution in [0.25, 0.3) is 0 Å². The van der Waals surface area contributed by atoms with Crippen molar-refractivity contribution in [1.29, 1.82) is 0 Å². The van der Waals surface area contributed by atoms with Gasteiger partial charge in [0.25, 0.3) is 0 Å². The summed E-state index contributed by atoms with van der Waals surface area (Å²) < 4.78 is 5.95. The van der Waals surface area contributed by atoms with Crippen molar-refractivity contribution < 1.29 is 4.74 Å². The predicted molar refractivity (Wildman–Crippen MR) is 66.2 cm³/mol. The normalized spacial score (nSPS) is 15.6. The lowest BCUT2D eigenvalue weighted by atomic mass is 10.1. The van der Waals surface area contributed by atoms with E-state index in [9.17, 15) is 0 Å². The molecule has 0 amide bonds. The first-order valence-electron chi connectivity index (χ1n) is 5.46. The predicted octanol–water partition coefficient (Wildman–Crippen LogP) is 3.12. The minimum Gasteiger partial charge on any atom is -0.368 e. The van der Waals surface area contributed by atoms with Crippen molar-refractivity contribution in [2.24, 2.45) is 11.7 Å². The number of ether oxygens (including phenoxy) is 1. The Kier molecular flexibility index (Phi) is 4.77. The third kappa shape index (κ3) is 3.59. The summed E-state index contributed by atoms with van der Waals surface area (Å²) in [7, 11) is 0. The maximum absolute atomic E-state index is 5.95. The van der Waals surface area contributed by atoms with E-state index >= 15 is 0 Å². The molecule has 2 nitrogen and oxygen atoms in total. The molecule has 0 radical (unpaired) electrons. The first-order chi connectivity index (χ1) is 7.04. The fourth-order valence-corrected chi connectivity index (χ4v) is 2.21. The molecule has 0 aliphatic rings. The van der Waals surface area contributed by atoms with Crippen molar-refractivity contribution in [3.8, 4) is 0 Å². The third-order valence-corrected chi connectivity index (χ3v) is 3.70. The van der Waals surface area contributed by atoms with Gasteiger partial charge in [-0.25, -0.2) is 0 Å². The van der Waals surface area contributed by atoms with Gasteiger partial charge in [0.2, 0.25) is 0 Å². The van der Waals surface area contributed by atoms with Crippen LogP contribution in [0.4, 0.5) is 0 Å². The Bertz CT molecular complexity index is 296. The Labute approximate surface area is 96.4 Å². The van der Waals surface area contributed by atoms with Crippen LogP contribution in [0.1, 0.15) is 36.6 Å². The molecule has 2 atom stereocenters. The summed E-state index contributed by atoms with van der Waals surface area (Å²) in [6.07, 6.45) is 0.307. The molecule has 0 aliphatic carbocycles. The van der Waals surface area contributed by atoms with Crippen LogP contribution in [0, 0.1) is 12.8 Å². The minimum atomic E-state index is 0.0566.